The Balaban J connectivity index is 1.49. The van der Waals surface area contributed by atoms with Crippen LogP contribution in [0, 0.1) is 0 Å². The van der Waals surface area contributed by atoms with Crippen molar-refractivity contribution in [1.82, 2.24) is 14.7 Å². The first-order valence-corrected chi connectivity index (χ1v) is 10.1. The van der Waals surface area contributed by atoms with Gasteiger partial charge in [0.25, 0.3) is 0 Å². The van der Waals surface area contributed by atoms with Gasteiger partial charge >= 0.3 is 12.2 Å². The Morgan fingerprint density at radius 3 is 2.13 bits per heavy atom. The second-order valence-electron chi connectivity index (χ2n) is 7.48. The summed E-state index contributed by atoms with van der Waals surface area (Å²) in [5.41, 5.74) is 1.06. The zero-order chi connectivity index (χ0) is 21.7. The van der Waals surface area contributed by atoms with E-state index >= 15 is 0 Å². The number of carbonyl (C=O) groups excluding carboxylic acids is 1. The molecular weight excluding hydrogens is 392 g/mol. The van der Waals surface area contributed by atoms with Crippen molar-refractivity contribution in [2.24, 2.45) is 0 Å². The van der Waals surface area contributed by atoms with Crippen molar-refractivity contribution in [2.45, 2.75) is 19.4 Å². The lowest BCUT2D eigenvalue weighted by molar-refractivity contribution is -0.129. The number of hydrogen-bond donors (Lipinski definition) is 2. The molecule has 164 valence electrons. The molecule has 1 aromatic carbocycles. The average molecular weight is 420 g/mol. The lowest BCUT2D eigenvalue weighted by Crippen LogP contribution is -2.56. The van der Waals surface area contributed by atoms with Crippen LogP contribution in [0.4, 0.5) is 15.3 Å². The SMILES string of the molecule is CC(=O)N1CCN(c2ccc(OCC[C@@H]3CN(C(=O)O)CCN3C(=O)O)cc2)CC1. The van der Waals surface area contributed by atoms with Crippen LogP contribution in [0.1, 0.15) is 13.3 Å². The molecule has 1 atom stereocenters. The highest BCUT2D eigenvalue weighted by atomic mass is 16.5. The van der Waals surface area contributed by atoms with Crippen LogP contribution in [0.15, 0.2) is 24.3 Å². The quantitative estimate of drug-likeness (QED) is 0.741. The highest BCUT2D eigenvalue weighted by Crippen LogP contribution is 2.22. The summed E-state index contributed by atoms with van der Waals surface area (Å²) in [7, 11) is 0. The maximum absolute atomic E-state index is 11.4. The van der Waals surface area contributed by atoms with E-state index in [9.17, 15) is 19.5 Å². The molecule has 2 heterocycles. The number of carboxylic acid groups (broad SMARTS) is 2. The average Bonchev–Trinajstić information content (AvgIpc) is 2.74. The van der Waals surface area contributed by atoms with Crippen LogP contribution < -0.4 is 9.64 Å². The molecular formula is C20H28N4O6. The first kappa shape index (κ1) is 21.5. The molecule has 0 spiro atoms. The topological polar surface area (TPSA) is 114 Å². The van der Waals surface area contributed by atoms with E-state index in [1.807, 2.05) is 29.2 Å². The Morgan fingerprint density at radius 1 is 0.933 bits per heavy atom. The van der Waals surface area contributed by atoms with Gasteiger partial charge in [-0.15, -0.1) is 0 Å². The number of hydrogen-bond acceptors (Lipinski definition) is 5. The second kappa shape index (κ2) is 9.55. The van der Waals surface area contributed by atoms with Gasteiger partial charge < -0.3 is 34.5 Å². The van der Waals surface area contributed by atoms with Gasteiger partial charge in [0.2, 0.25) is 5.91 Å². The number of benzene rings is 1. The van der Waals surface area contributed by atoms with E-state index in [-0.39, 0.29) is 25.5 Å². The molecule has 2 fully saturated rings. The molecule has 0 bridgehead atoms. The van der Waals surface area contributed by atoms with E-state index in [2.05, 4.69) is 4.90 Å². The predicted octanol–water partition coefficient (Wildman–Crippen LogP) is 1.47. The molecule has 2 N–H and O–H groups in total. The minimum Gasteiger partial charge on any atom is -0.494 e. The zero-order valence-corrected chi connectivity index (χ0v) is 17.1. The molecule has 0 radical (unpaired) electrons. The molecule has 10 nitrogen and oxygen atoms in total. The summed E-state index contributed by atoms with van der Waals surface area (Å²) < 4.78 is 5.77. The van der Waals surface area contributed by atoms with Crippen molar-refractivity contribution in [3.8, 4) is 5.75 Å². The fourth-order valence-corrected chi connectivity index (χ4v) is 3.87. The Morgan fingerprint density at radius 2 is 1.57 bits per heavy atom. The van der Waals surface area contributed by atoms with E-state index in [0.29, 0.717) is 31.9 Å². The largest absolute Gasteiger partial charge is 0.494 e. The summed E-state index contributed by atoms with van der Waals surface area (Å²) in [6.07, 6.45) is -1.67. The third-order valence-corrected chi connectivity index (χ3v) is 5.65. The zero-order valence-electron chi connectivity index (χ0n) is 17.1. The molecule has 0 saturated carbocycles. The fourth-order valence-electron chi connectivity index (χ4n) is 3.87. The lowest BCUT2D eigenvalue weighted by atomic mass is 10.1. The number of amides is 3. The van der Waals surface area contributed by atoms with Crippen LogP contribution in [0.2, 0.25) is 0 Å². The highest BCUT2D eigenvalue weighted by Gasteiger charge is 2.32. The fraction of sp³-hybridized carbons (Fsp3) is 0.550. The summed E-state index contributed by atoms with van der Waals surface area (Å²) >= 11 is 0. The van der Waals surface area contributed by atoms with E-state index in [4.69, 9.17) is 9.84 Å². The molecule has 2 saturated heterocycles. The monoisotopic (exact) mass is 420 g/mol. The first-order valence-electron chi connectivity index (χ1n) is 10.1. The summed E-state index contributed by atoms with van der Waals surface area (Å²) in [5, 5.41) is 18.5. The van der Waals surface area contributed by atoms with Crippen molar-refractivity contribution < 1.29 is 29.3 Å². The van der Waals surface area contributed by atoms with Crippen LogP contribution in [-0.2, 0) is 4.79 Å². The number of carbonyl (C=O) groups is 3. The van der Waals surface area contributed by atoms with Gasteiger partial charge in [0.05, 0.1) is 12.6 Å². The van der Waals surface area contributed by atoms with Gasteiger partial charge in [-0.25, -0.2) is 9.59 Å². The Bertz CT molecular complexity index is 763. The molecule has 2 aliphatic rings. The first-order chi connectivity index (χ1) is 14.3. The lowest BCUT2D eigenvalue weighted by Gasteiger charge is -2.38. The smallest absolute Gasteiger partial charge is 0.407 e. The van der Waals surface area contributed by atoms with Crippen molar-refractivity contribution >= 4 is 23.8 Å². The van der Waals surface area contributed by atoms with Crippen LogP contribution >= 0.6 is 0 Å². The molecule has 0 unspecified atom stereocenters. The molecule has 0 aromatic heterocycles. The summed E-state index contributed by atoms with van der Waals surface area (Å²) in [4.78, 5) is 40.6. The van der Waals surface area contributed by atoms with Crippen LogP contribution in [0.5, 0.6) is 5.75 Å². The third kappa shape index (κ3) is 5.25. The summed E-state index contributed by atoms with van der Waals surface area (Å²) in [6, 6.07) is 7.24. The van der Waals surface area contributed by atoms with Gasteiger partial charge in [-0.2, -0.15) is 0 Å². The Hall–Kier alpha value is -3.17. The standard InChI is InChI=1S/C20H28N4O6/c1-15(25)21-7-9-22(10-8-21)16-2-4-18(5-3-16)30-13-6-17-14-23(19(26)27)11-12-24(17)20(28)29/h2-5,17H,6-14H2,1H3,(H,26,27)(H,28,29)/t17-/m1/s1. The number of rotatable bonds is 5. The Kier molecular flexibility index (Phi) is 6.86. The van der Waals surface area contributed by atoms with Crippen molar-refractivity contribution in [1.29, 1.82) is 0 Å². The minimum atomic E-state index is -1.04. The molecule has 0 aliphatic carbocycles. The van der Waals surface area contributed by atoms with E-state index in [1.165, 1.54) is 9.80 Å². The van der Waals surface area contributed by atoms with Gasteiger partial charge in [-0.05, 0) is 24.3 Å². The predicted molar refractivity (Wildman–Crippen MR) is 109 cm³/mol. The van der Waals surface area contributed by atoms with Crippen molar-refractivity contribution in [3.05, 3.63) is 24.3 Å². The van der Waals surface area contributed by atoms with Gasteiger partial charge in [0.15, 0.2) is 0 Å². The number of nitrogens with zero attached hydrogens (tertiary/aromatic N) is 4. The molecule has 2 aliphatic heterocycles. The maximum Gasteiger partial charge on any atom is 0.407 e. The number of piperazine rings is 2. The minimum absolute atomic E-state index is 0.101. The van der Waals surface area contributed by atoms with Gasteiger partial charge in [-0.1, -0.05) is 0 Å². The summed E-state index contributed by atoms with van der Waals surface area (Å²) in [6.45, 7) is 5.36. The second-order valence-corrected chi connectivity index (χ2v) is 7.48. The van der Waals surface area contributed by atoms with Crippen molar-refractivity contribution in [3.63, 3.8) is 0 Å². The van der Waals surface area contributed by atoms with Crippen molar-refractivity contribution in [2.75, 3.05) is 57.3 Å². The molecule has 3 amide bonds. The number of ether oxygens (including phenoxy) is 1. The normalized spacial score (nSPS) is 19.6. The summed E-state index contributed by atoms with van der Waals surface area (Å²) in [5.74, 6) is 0.776. The van der Waals surface area contributed by atoms with Crippen LogP contribution in [0.3, 0.4) is 0 Å². The van der Waals surface area contributed by atoms with E-state index in [0.717, 1.165) is 18.8 Å². The van der Waals surface area contributed by atoms with Crippen LogP contribution in [0.25, 0.3) is 0 Å². The van der Waals surface area contributed by atoms with Crippen LogP contribution in [-0.4, -0.2) is 101 Å². The molecule has 30 heavy (non-hydrogen) atoms. The third-order valence-electron chi connectivity index (χ3n) is 5.65. The van der Waals surface area contributed by atoms with E-state index in [1.54, 1.807) is 6.92 Å². The molecule has 10 heteroatoms. The van der Waals surface area contributed by atoms with Gasteiger partial charge in [0.1, 0.15) is 5.75 Å². The van der Waals surface area contributed by atoms with Gasteiger partial charge in [-0.3, -0.25) is 4.79 Å². The van der Waals surface area contributed by atoms with E-state index < -0.39 is 18.2 Å². The highest BCUT2D eigenvalue weighted by molar-refractivity contribution is 5.73. The molecule has 1 aromatic rings. The maximum atomic E-state index is 11.4. The van der Waals surface area contributed by atoms with Gasteiger partial charge in [0, 0.05) is 64.8 Å². The molecule has 3 rings (SSSR count). The Labute approximate surface area is 175 Å². The number of anilines is 1.